The molecule has 1 fully saturated rings. The quantitative estimate of drug-likeness (QED) is 0.496. The number of hydrogen-bond acceptors (Lipinski definition) is 4. The molecule has 0 radical (unpaired) electrons. The Morgan fingerprint density at radius 3 is 2.80 bits per heavy atom. The Balaban J connectivity index is 2.17. The maximum Gasteiger partial charge on any atom is 0.271 e. The first-order valence-electron chi connectivity index (χ1n) is 6.42. The van der Waals surface area contributed by atoms with E-state index in [0.29, 0.717) is 5.92 Å². The molecule has 1 atom stereocenters. The number of halogens is 1. The van der Waals surface area contributed by atoms with Gasteiger partial charge in [0.15, 0.2) is 0 Å². The van der Waals surface area contributed by atoms with Crippen molar-refractivity contribution in [1.82, 2.24) is 5.32 Å². The Morgan fingerprint density at radius 1 is 1.60 bits per heavy atom. The average molecular weight is 298 g/mol. The molecule has 1 aromatic carbocycles. The number of rotatable bonds is 5. The van der Waals surface area contributed by atoms with Crippen LogP contribution in [0.3, 0.4) is 0 Å². The van der Waals surface area contributed by atoms with E-state index >= 15 is 0 Å². The summed E-state index contributed by atoms with van der Waals surface area (Å²) in [4.78, 5) is 22.3. The molecule has 0 heterocycles. The molecule has 7 heteroatoms. The normalized spacial score (nSPS) is 15.7. The molecule has 1 aromatic rings. The predicted molar refractivity (Wildman–Crippen MR) is 76.8 cm³/mol. The van der Waals surface area contributed by atoms with Crippen molar-refractivity contribution in [2.75, 3.05) is 5.73 Å². The lowest BCUT2D eigenvalue weighted by atomic mass is 10.1. The third kappa shape index (κ3) is 3.39. The van der Waals surface area contributed by atoms with E-state index in [0.717, 1.165) is 18.6 Å². The molecule has 0 bridgehead atoms. The maximum atomic E-state index is 12.1. The first-order chi connectivity index (χ1) is 9.38. The van der Waals surface area contributed by atoms with Crippen LogP contribution >= 0.6 is 11.6 Å². The van der Waals surface area contributed by atoms with Gasteiger partial charge >= 0.3 is 0 Å². The largest absolute Gasteiger partial charge is 0.397 e. The van der Waals surface area contributed by atoms with E-state index in [4.69, 9.17) is 17.3 Å². The van der Waals surface area contributed by atoms with E-state index in [1.165, 1.54) is 12.8 Å². The average Bonchev–Trinajstić information content (AvgIpc) is 3.15. The van der Waals surface area contributed by atoms with Crippen LogP contribution in [0.15, 0.2) is 12.1 Å². The van der Waals surface area contributed by atoms with Crippen LogP contribution in [-0.2, 0) is 0 Å². The minimum atomic E-state index is -0.601. The summed E-state index contributed by atoms with van der Waals surface area (Å²) >= 11 is 5.83. The van der Waals surface area contributed by atoms with Crippen molar-refractivity contribution in [3.8, 4) is 0 Å². The molecular weight excluding hydrogens is 282 g/mol. The van der Waals surface area contributed by atoms with Crippen LogP contribution in [0.1, 0.15) is 36.5 Å². The minimum absolute atomic E-state index is 0.00689. The SMILES string of the molecule is CC(CC1CC1)NC(=O)c1cc([N+](=O)[O-])cc(Cl)c1N. The van der Waals surface area contributed by atoms with Gasteiger partial charge in [0.1, 0.15) is 0 Å². The summed E-state index contributed by atoms with van der Waals surface area (Å²) in [5, 5.41) is 13.6. The summed E-state index contributed by atoms with van der Waals surface area (Å²) in [6.45, 7) is 1.91. The molecule has 108 valence electrons. The number of benzene rings is 1. The molecule has 1 aliphatic carbocycles. The Kier molecular flexibility index (Phi) is 4.13. The molecule has 1 aliphatic rings. The van der Waals surface area contributed by atoms with Gasteiger partial charge < -0.3 is 11.1 Å². The van der Waals surface area contributed by atoms with Crippen LogP contribution in [-0.4, -0.2) is 16.9 Å². The number of nitro benzene ring substituents is 1. The van der Waals surface area contributed by atoms with Gasteiger partial charge in [0.2, 0.25) is 0 Å². The number of hydrogen-bond donors (Lipinski definition) is 2. The molecule has 1 saturated carbocycles. The molecule has 0 spiro atoms. The smallest absolute Gasteiger partial charge is 0.271 e. The number of amides is 1. The fourth-order valence-corrected chi connectivity index (χ4v) is 2.32. The van der Waals surface area contributed by atoms with Crippen molar-refractivity contribution in [3.05, 3.63) is 32.8 Å². The van der Waals surface area contributed by atoms with Gasteiger partial charge in [-0.15, -0.1) is 0 Å². The Hall–Kier alpha value is -1.82. The number of anilines is 1. The lowest BCUT2D eigenvalue weighted by Gasteiger charge is -2.14. The number of carbonyl (C=O) groups is 1. The monoisotopic (exact) mass is 297 g/mol. The third-order valence-electron chi connectivity index (χ3n) is 3.33. The number of nitrogens with zero attached hydrogens (tertiary/aromatic N) is 1. The van der Waals surface area contributed by atoms with E-state index in [2.05, 4.69) is 5.32 Å². The third-order valence-corrected chi connectivity index (χ3v) is 3.64. The van der Waals surface area contributed by atoms with E-state index in [1.54, 1.807) is 0 Å². The van der Waals surface area contributed by atoms with Gasteiger partial charge in [0.25, 0.3) is 11.6 Å². The van der Waals surface area contributed by atoms with E-state index in [-0.39, 0.29) is 28.0 Å². The molecule has 0 aromatic heterocycles. The number of nitrogens with one attached hydrogen (secondary N) is 1. The zero-order valence-electron chi connectivity index (χ0n) is 11.1. The van der Waals surface area contributed by atoms with Crippen molar-refractivity contribution < 1.29 is 9.72 Å². The van der Waals surface area contributed by atoms with Crippen molar-refractivity contribution in [1.29, 1.82) is 0 Å². The van der Waals surface area contributed by atoms with Crippen LogP contribution in [0.2, 0.25) is 5.02 Å². The van der Waals surface area contributed by atoms with Gasteiger partial charge in [-0.3, -0.25) is 14.9 Å². The van der Waals surface area contributed by atoms with E-state index in [9.17, 15) is 14.9 Å². The Bertz CT molecular complexity index is 558. The molecule has 0 saturated heterocycles. The predicted octanol–water partition coefficient (Wildman–Crippen LogP) is 2.75. The van der Waals surface area contributed by atoms with Crippen LogP contribution in [0.5, 0.6) is 0 Å². The zero-order chi connectivity index (χ0) is 14.9. The zero-order valence-corrected chi connectivity index (χ0v) is 11.8. The molecule has 0 aliphatic heterocycles. The highest BCUT2D eigenvalue weighted by molar-refractivity contribution is 6.34. The van der Waals surface area contributed by atoms with Crippen LogP contribution in [0.4, 0.5) is 11.4 Å². The van der Waals surface area contributed by atoms with E-state index < -0.39 is 10.8 Å². The van der Waals surface area contributed by atoms with E-state index in [1.807, 2.05) is 6.92 Å². The molecule has 6 nitrogen and oxygen atoms in total. The first kappa shape index (κ1) is 14.6. The van der Waals surface area contributed by atoms with Gasteiger partial charge in [-0.2, -0.15) is 0 Å². The fourth-order valence-electron chi connectivity index (χ4n) is 2.11. The summed E-state index contributed by atoms with van der Waals surface area (Å²) in [6, 6.07) is 2.30. The van der Waals surface area contributed by atoms with Gasteiger partial charge in [-0.05, 0) is 19.3 Å². The lowest BCUT2D eigenvalue weighted by Crippen LogP contribution is -2.33. The Morgan fingerprint density at radius 2 is 2.25 bits per heavy atom. The van der Waals surface area contributed by atoms with Crippen molar-refractivity contribution >= 4 is 28.9 Å². The molecule has 3 N–H and O–H groups in total. The van der Waals surface area contributed by atoms with Crippen LogP contribution in [0.25, 0.3) is 0 Å². The van der Waals surface area contributed by atoms with Crippen molar-refractivity contribution in [2.24, 2.45) is 5.92 Å². The molecule has 20 heavy (non-hydrogen) atoms. The molecular formula is C13H16ClN3O3. The highest BCUT2D eigenvalue weighted by atomic mass is 35.5. The summed E-state index contributed by atoms with van der Waals surface area (Å²) in [5.41, 5.74) is 5.59. The second-order valence-electron chi connectivity index (χ2n) is 5.20. The summed E-state index contributed by atoms with van der Waals surface area (Å²) in [6.07, 6.45) is 3.31. The van der Waals surface area contributed by atoms with Crippen molar-refractivity contribution in [2.45, 2.75) is 32.2 Å². The Labute approximate surface area is 121 Å². The molecule has 1 unspecified atom stereocenters. The number of nitro groups is 1. The number of nitrogens with two attached hydrogens (primary N) is 1. The minimum Gasteiger partial charge on any atom is -0.397 e. The van der Waals surface area contributed by atoms with Gasteiger partial charge in [0.05, 0.1) is 21.2 Å². The fraction of sp³-hybridized carbons (Fsp3) is 0.462. The second kappa shape index (κ2) is 5.66. The number of carbonyl (C=O) groups excluding carboxylic acids is 1. The van der Waals surface area contributed by atoms with Gasteiger partial charge in [0, 0.05) is 18.2 Å². The van der Waals surface area contributed by atoms with Crippen LogP contribution < -0.4 is 11.1 Å². The maximum absolute atomic E-state index is 12.1. The first-order valence-corrected chi connectivity index (χ1v) is 6.80. The highest BCUT2D eigenvalue weighted by Crippen LogP contribution is 2.33. The summed E-state index contributed by atoms with van der Waals surface area (Å²) < 4.78 is 0. The number of nitrogen functional groups attached to an aromatic ring is 1. The topological polar surface area (TPSA) is 98.3 Å². The lowest BCUT2D eigenvalue weighted by molar-refractivity contribution is -0.384. The van der Waals surface area contributed by atoms with Gasteiger partial charge in [-0.25, -0.2) is 0 Å². The molecule has 1 amide bonds. The number of non-ortho nitro benzene ring substituents is 1. The highest BCUT2D eigenvalue weighted by Gasteiger charge is 2.25. The molecule has 2 rings (SSSR count). The van der Waals surface area contributed by atoms with Crippen LogP contribution in [0, 0.1) is 16.0 Å². The summed E-state index contributed by atoms with van der Waals surface area (Å²) in [5.74, 6) is 0.248. The van der Waals surface area contributed by atoms with Gasteiger partial charge in [-0.1, -0.05) is 24.4 Å². The second-order valence-corrected chi connectivity index (χ2v) is 5.61. The standard InChI is InChI=1S/C13H16ClN3O3/c1-7(4-8-2-3-8)16-13(18)10-5-9(17(19)20)6-11(14)12(10)15/h5-8H,2-4,15H2,1H3,(H,16,18). The summed E-state index contributed by atoms with van der Waals surface area (Å²) in [7, 11) is 0. The van der Waals surface area contributed by atoms with Crippen molar-refractivity contribution in [3.63, 3.8) is 0 Å².